The van der Waals surface area contributed by atoms with Crippen LogP contribution in [0.25, 0.3) is 11.3 Å². The van der Waals surface area contributed by atoms with Crippen molar-refractivity contribution < 1.29 is 32.5 Å². The minimum absolute atomic E-state index is 0.164. The van der Waals surface area contributed by atoms with E-state index in [0.717, 1.165) is 17.7 Å². The second-order valence-electron chi connectivity index (χ2n) is 8.87. The lowest BCUT2D eigenvalue weighted by Crippen LogP contribution is -2.10. The largest absolute Gasteiger partial charge is 0.504 e. The number of carbonyl (C=O) groups excluding carboxylic acids is 1. The molecule has 40 heavy (non-hydrogen) atoms. The van der Waals surface area contributed by atoms with Crippen LogP contribution in [0.15, 0.2) is 47.5 Å². The Morgan fingerprint density at radius 1 is 1.20 bits per heavy atom. The molecule has 1 heterocycles. The van der Waals surface area contributed by atoms with Crippen molar-refractivity contribution in [1.82, 2.24) is 9.78 Å². The highest BCUT2D eigenvalue weighted by atomic mass is 35.5. The van der Waals surface area contributed by atoms with Crippen LogP contribution >= 0.6 is 23.8 Å². The third kappa shape index (κ3) is 8.28. The number of halogens is 4. The molecule has 0 aliphatic rings. The number of aliphatic imine (C=N–C) groups is 1. The van der Waals surface area contributed by atoms with Gasteiger partial charge in [-0.3, -0.25) is 14.5 Å². The predicted octanol–water partition coefficient (Wildman–Crippen LogP) is 6.61. The number of aromatic hydroxyl groups is 1. The topological polar surface area (TPSA) is 85.9 Å². The van der Waals surface area contributed by atoms with Crippen LogP contribution in [-0.2, 0) is 29.2 Å². The Balaban J connectivity index is 1.67. The molecule has 0 unspecified atom stereocenters. The van der Waals surface area contributed by atoms with Gasteiger partial charge in [-0.15, -0.1) is 0 Å². The molecule has 1 N–H and O–H groups in total. The molecule has 214 valence electrons. The molecule has 0 spiro atoms. The summed E-state index contributed by atoms with van der Waals surface area (Å²) in [5, 5.41) is 15.6. The Morgan fingerprint density at radius 3 is 2.55 bits per heavy atom. The molecule has 7 nitrogen and oxygen atoms in total. The van der Waals surface area contributed by atoms with Crippen LogP contribution in [0.5, 0.6) is 11.5 Å². The molecule has 0 radical (unpaired) electrons. The number of aryl methyl sites for hydroxylation is 1. The zero-order valence-electron chi connectivity index (χ0n) is 22.2. The summed E-state index contributed by atoms with van der Waals surface area (Å²) < 4.78 is 50.9. The number of hydrogen-bond donors (Lipinski definition) is 1. The standard InChI is InChI=1S/C28H29ClF3N3O4S/c1-4-38-24(36)6-5-13-39-23-15-21(29)12-9-19(23)14-22(40)16-33-17(2)25-27(37)26(35(3)34-25)18-7-10-20(11-8-18)28(30,31)32/h7-12,15,37H,4-6,13-14,16H2,1-3H3. The van der Waals surface area contributed by atoms with E-state index >= 15 is 0 Å². The van der Waals surface area contributed by atoms with Crippen molar-refractivity contribution in [3.8, 4) is 22.8 Å². The molecule has 2 aromatic carbocycles. The molecule has 0 amide bonds. The van der Waals surface area contributed by atoms with Crippen molar-refractivity contribution in [2.75, 3.05) is 19.8 Å². The van der Waals surface area contributed by atoms with E-state index in [0.29, 0.717) is 53.0 Å². The number of esters is 1. The van der Waals surface area contributed by atoms with Crippen LogP contribution in [0.2, 0.25) is 5.02 Å². The summed E-state index contributed by atoms with van der Waals surface area (Å²) >= 11 is 11.7. The first-order chi connectivity index (χ1) is 18.9. The lowest BCUT2D eigenvalue weighted by Gasteiger charge is -2.12. The summed E-state index contributed by atoms with van der Waals surface area (Å²) in [6.07, 6.45) is -3.35. The predicted molar refractivity (Wildman–Crippen MR) is 152 cm³/mol. The molecular formula is C28H29ClF3N3O4S. The van der Waals surface area contributed by atoms with Crippen LogP contribution < -0.4 is 4.74 Å². The molecule has 1 aromatic heterocycles. The number of benzene rings is 2. The van der Waals surface area contributed by atoms with Crippen molar-refractivity contribution in [3.63, 3.8) is 0 Å². The molecular weight excluding hydrogens is 567 g/mol. The van der Waals surface area contributed by atoms with Gasteiger partial charge in [0, 0.05) is 35.3 Å². The highest BCUT2D eigenvalue weighted by Crippen LogP contribution is 2.35. The fourth-order valence-electron chi connectivity index (χ4n) is 3.89. The fraction of sp³-hybridized carbons (Fsp3) is 0.357. The van der Waals surface area contributed by atoms with E-state index in [4.69, 9.17) is 33.3 Å². The molecule has 0 atom stereocenters. The maximum atomic E-state index is 12.9. The summed E-state index contributed by atoms with van der Waals surface area (Å²) in [7, 11) is 1.59. The highest BCUT2D eigenvalue weighted by Gasteiger charge is 2.30. The van der Waals surface area contributed by atoms with Gasteiger partial charge in [0.2, 0.25) is 0 Å². The quantitative estimate of drug-likeness (QED) is 0.110. The van der Waals surface area contributed by atoms with E-state index in [1.54, 1.807) is 33.0 Å². The maximum Gasteiger partial charge on any atom is 0.416 e. The third-order valence-corrected chi connectivity index (χ3v) is 6.36. The van der Waals surface area contributed by atoms with Crippen molar-refractivity contribution in [2.45, 2.75) is 39.3 Å². The number of thiocarbonyl (C=S) groups is 1. The van der Waals surface area contributed by atoms with Crippen molar-refractivity contribution in [2.24, 2.45) is 12.0 Å². The smallest absolute Gasteiger partial charge is 0.416 e. The van der Waals surface area contributed by atoms with Crippen LogP contribution in [-0.4, -0.2) is 51.2 Å². The first-order valence-electron chi connectivity index (χ1n) is 12.4. The number of carbonyl (C=O) groups is 1. The Morgan fingerprint density at radius 2 is 1.90 bits per heavy atom. The number of aromatic nitrogens is 2. The lowest BCUT2D eigenvalue weighted by molar-refractivity contribution is -0.143. The van der Waals surface area contributed by atoms with Crippen LogP contribution in [0, 0.1) is 0 Å². The van der Waals surface area contributed by atoms with Gasteiger partial charge in [0.25, 0.3) is 0 Å². The van der Waals surface area contributed by atoms with Gasteiger partial charge in [-0.05, 0) is 50.1 Å². The third-order valence-electron chi connectivity index (χ3n) is 5.85. The van der Waals surface area contributed by atoms with Crippen LogP contribution in [0.1, 0.15) is 43.5 Å². The first-order valence-corrected chi connectivity index (χ1v) is 13.2. The van der Waals surface area contributed by atoms with Crippen molar-refractivity contribution in [3.05, 3.63) is 64.3 Å². The minimum Gasteiger partial charge on any atom is -0.504 e. The second-order valence-corrected chi connectivity index (χ2v) is 9.88. The number of alkyl halides is 3. The number of nitrogens with zero attached hydrogens (tertiary/aromatic N) is 3. The lowest BCUT2D eigenvalue weighted by atomic mass is 10.1. The number of ether oxygens (including phenoxy) is 2. The van der Waals surface area contributed by atoms with E-state index in [-0.39, 0.29) is 36.1 Å². The summed E-state index contributed by atoms with van der Waals surface area (Å²) in [6, 6.07) is 9.71. The second kappa shape index (κ2) is 13.8. The molecule has 0 bridgehead atoms. The van der Waals surface area contributed by atoms with Crippen LogP contribution in [0.4, 0.5) is 13.2 Å². The van der Waals surface area contributed by atoms with Gasteiger partial charge in [-0.25, -0.2) is 0 Å². The Labute approximate surface area is 240 Å². The van der Waals surface area contributed by atoms with Gasteiger partial charge >= 0.3 is 12.1 Å². The van der Waals surface area contributed by atoms with Gasteiger partial charge in [-0.1, -0.05) is 42.0 Å². The molecule has 12 heteroatoms. The summed E-state index contributed by atoms with van der Waals surface area (Å²) in [6.45, 7) is 4.22. The molecule has 0 saturated heterocycles. The first kappa shape index (κ1) is 31.1. The number of rotatable bonds is 12. The average Bonchev–Trinajstić information content (AvgIpc) is 3.20. The zero-order valence-corrected chi connectivity index (χ0v) is 23.8. The molecule has 0 aliphatic carbocycles. The SMILES string of the molecule is CCOC(=O)CCCOc1cc(Cl)ccc1CC(=S)CN=C(C)c1nn(C)c(-c2ccc(C(F)(F)F)cc2)c1O. The normalized spacial score (nSPS) is 11.9. The zero-order chi connectivity index (χ0) is 29.4. The minimum atomic E-state index is -4.46. The molecule has 3 rings (SSSR count). The van der Waals surface area contributed by atoms with E-state index < -0.39 is 11.7 Å². The van der Waals surface area contributed by atoms with Gasteiger partial charge in [0.15, 0.2) is 5.75 Å². The van der Waals surface area contributed by atoms with Crippen LogP contribution in [0.3, 0.4) is 0 Å². The molecule has 3 aromatic rings. The Kier molecular flexibility index (Phi) is 10.7. The summed E-state index contributed by atoms with van der Waals surface area (Å²) in [5.41, 5.74) is 1.30. The van der Waals surface area contributed by atoms with Crippen molar-refractivity contribution in [1.29, 1.82) is 0 Å². The Hall–Kier alpha value is -3.44. The van der Waals surface area contributed by atoms with Gasteiger partial charge in [0.1, 0.15) is 17.1 Å². The Bertz CT molecular complexity index is 1390. The van der Waals surface area contributed by atoms with Gasteiger partial charge in [0.05, 0.1) is 31.0 Å². The molecule has 0 aliphatic heterocycles. The summed E-state index contributed by atoms with van der Waals surface area (Å²) in [4.78, 5) is 16.6. The fourth-order valence-corrected chi connectivity index (χ4v) is 4.27. The average molecular weight is 596 g/mol. The van der Waals surface area contributed by atoms with E-state index in [1.165, 1.54) is 16.8 Å². The maximum absolute atomic E-state index is 12.9. The van der Waals surface area contributed by atoms with Gasteiger partial charge in [-0.2, -0.15) is 18.3 Å². The van der Waals surface area contributed by atoms with E-state index in [1.807, 2.05) is 6.07 Å². The van der Waals surface area contributed by atoms with E-state index in [9.17, 15) is 23.1 Å². The molecule has 0 saturated carbocycles. The molecule has 0 fully saturated rings. The highest BCUT2D eigenvalue weighted by molar-refractivity contribution is 7.80. The van der Waals surface area contributed by atoms with Gasteiger partial charge < -0.3 is 14.6 Å². The van der Waals surface area contributed by atoms with Crippen molar-refractivity contribution >= 4 is 40.4 Å². The monoisotopic (exact) mass is 595 g/mol. The number of hydrogen-bond acceptors (Lipinski definition) is 7. The van der Waals surface area contributed by atoms with E-state index in [2.05, 4.69) is 10.1 Å². The summed E-state index contributed by atoms with van der Waals surface area (Å²) in [5.74, 6) is 0.0887.